The molecule has 4 nitrogen and oxygen atoms in total. The van der Waals surface area contributed by atoms with Gasteiger partial charge in [0.05, 0.1) is 12.2 Å². The summed E-state index contributed by atoms with van der Waals surface area (Å²) in [5.41, 5.74) is 0.775. The van der Waals surface area contributed by atoms with Crippen molar-refractivity contribution in [2.45, 2.75) is 39.9 Å². The normalized spacial score (nSPS) is 11.9. The summed E-state index contributed by atoms with van der Waals surface area (Å²) in [4.78, 5) is 0.352. The number of nitrogens with one attached hydrogen (secondary N) is 1. The molecule has 0 aliphatic heterocycles. The summed E-state index contributed by atoms with van der Waals surface area (Å²) in [5, 5.41) is 2.71. The fraction of sp³-hybridized carbons (Fsp3) is 0.462. The molecule has 1 rings (SSSR count). The lowest BCUT2D eigenvalue weighted by atomic mass is 10.2. The van der Waals surface area contributed by atoms with Crippen molar-refractivity contribution in [2.75, 3.05) is 0 Å². The largest absolute Gasteiger partial charge is 0.433 e. The second-order valence-electron chi connectivity index (χ2n) is 4.61. The summed E-state index contributed by atoms with van der Waals surface area (Å²) in [5.74, 6) is 0. The molecular weight excluding hydrogens is 281 g/mol. The Morgan fingerprint density at radius 2 is 1.58 bits per heavy atom. The molecule has 106 valence electrons. The highest BCUT2D eigenvalue weighted by Gasteiger charge is 2.29. The van der Waals surface area contributed by atoms with Gasteiger partial charge in [-0.15, -0.1) is 0 Å². The van der Waals surface area contributed by atoms with Crippen molar-refractivity contribution < 1.29 is 13.6 Å². The Balaban J connectivity index is 2.83. The van der Waals surface area contributed by atoms with Crippen LogP contribution >= 0.6 is 20.0 Å². The first-order valence-corrected chi connectivity index (χ1v) is 8.12. The molecule has 0 unspecified atom stereocenters. The molecule has 0 spiro atoms. The molecule has 1 aromatic carbocycles. The standard InChI is InChI=1S/C13H20NO3PS/c1-10(2)16-18(15,17-11(3)4)14-13(19)12-8-6-5-7-9-12/h5-11H,1-4H3,(H,14,15,19). The summed E-state index contributed by atoms with van der Waals surface area (Å²) < 4.78 is 23.3. The minimum absolute atomic E-state index is 0.226. The molecule has 0 saturated carbocycles. The van der Waals surface area contributed by atoms with E-state index in [1.165, 1.54) is 0 Å². The van der Waals surface area contributed by atoms with Crippen molar-refractivity contribution in [1.29, 1.82) is 0 Å². The van der Waals surface area contributed by atoms with Gasteiger partial charge in [0.2, 0.25) is 0 Å². The molecule has 0 atom stereocenters. The third-order valence-corrected chi connectivity index (χ3v) is 4.36. The van der Waals surface area contributed by atoms with Crippen LogP contribution < -0.4 is 5.09 Å². The molecule has 6 heteroatoms. The van der Waals surface area contributed by atoms with Crippen molar-refractivity contribution in [2.24, 2.45) is 0 Å². The van der Waals surface area contributed by atoms with Crippen LogP contribution in [0.1, 0.15) is 33.3 Å². The van der Waals surface area contributed by atoms with Crippen LogP contribution in [0.4, 0.5) is 0 Å². The van der Waals surface area contributed by atoms with Gasteiger partial charge in [-0.3, -0.25) is 14.1 Å². The monoisotopic (exact) mass is 301 g/mol. The van der Waals surface area contributed by atoms with Gasteiger partial charge in [-0.2, -0.15) is 0 Å². The van der Waals surface area contributed by atoms with Gasteiger partial charge in [-0.25, -0.2) is 4.57 Å². The molecule has 19 heavy (non-hydrogen) atoms. The third-order valence-electron chi connectivity index (χ3n) is 1.97. The Kier molecular flexibility index (Phi) is 6.14. The molecule has 0 fully saturated rings. The topological polar surface area (TPSA) is 47.6 Å². The zero-order valence-corrected chi connectivity index (χ0v) is 13.3. The molecule has 0 saturated heterocycles. The summed E-state index contributed by atoms with van der Waals surface area (Å²) in [6.07, 6.45) is -0.452. The summed E-state index contributed by atoms with van der Waals surface area (Å²) >= 11 is 5.23. The van der Waals surface area contributed by atoms with Crippen molar-refractivity contribution in [3.63, 3.8) is 0 Å². The SMILES string of the molecule is CC(C)OP(=O)(NC(=S)c1ccccc1)OC(C)C. The van der Waals surface area contributed by atoms with Crippen molar-refractivity contribution in [3.8, 4) is 0 Å². The lowest BCUT2D eigenvalue weighted by Gasteiger charge is -2.23. The van der Waals surface area contributed by atoms with Gasteiger partial charge in [-0.05, 0) is 27.7 Å². The molecule has 0 aliphatic carbocycles. The Bertz CT molecular complexity index is 448. The van der Waals surface area contributed by atoms with Gasteiger partial charge >= 0.3 is 7.75 Å². The van der Waals surface area contributed by atoms with Crippen LogP contribution in [0.2, 0.25) is 0 Å². The molecule has 0 aromatic heterocycles. The van der Waals surface area contributed by atoms with Gasteiger partial charge in [0.15, 0.2) is 0 Å². The highest BCUT2D eigenvalue weighted by atomic mass is 32.1. The molecule has 1 aromatic rings. The lowest BCUT2D eigenvalue weighted by Crippen LogP contribution is -2.25. The van der Waals surface area contributed by atoms with Crippen LogP contribution in [-0.2, 0) is 13.6 Å². The summed E-state index contributed by atoms with van der Waals surface area (Å²) in [7, 11) is -3.44. The summed E-state index contributed by atoms with van der Waals surface area (Å²) in [6, 6.07) is 9.29. The van der Waals surface area contributed by atoms with Crippen molar-refractivity contribution >= 4 is 25.0 Å². The predicted octanol–water partition coefficient (Wildman–Crippen LogP) is 3.91. The van der Waals surface area contributed by atoms with E-state index in [4.69, 9.17) is 21.3 Å². The quantitative estimate of drug-likeness (QED) is 0.637. The van der Waals surface area contributed by atoms with E-state index >= 15 is 0 Å². The fourth-order valence-corrected chi connectivity index (χ4v) is 3.53. The van der Waals surface area contributed by atoms with E-state index in [9.17, 15) is 4.57 Å². The Hall–Kier alpha value is -0.740. The van der Waals surface area contributed by atoms with Crippen LogP contribution in [0.3, 0.4) is 0 Å². The van der Waals surface area contributed by atoms with Crippen LogP contribution in [0.15, 0.2) is 30.3 Å². The number of benzene rings is 1. The second-order valence-corrected chi connectivity index (χ2v) is 6.66. The smallest absolute Gasteiger partial charge is 0.290 e. The van der Waals surface area contributed by atoms with Gasteiger partial charge in [0.25, 0.3) is 0 Å². The fourth-order valence-electron chi connectivity index (χ4n) is 1.41. The molecular formula is C13H20NO3PS. The summed E-state index contributed by atoms with van der Waals surface area (Å²) in [6.45, 7) is 7.18. The van der Waals surface area contributed by atoms with Crippen LogP contribution in [0.25, 0.3) is 0 Å². The third kappa shape index (κ3) is 5.83. The molecule has 1 N–H and O–H groups in total. The highest BCUT2D eigenvalue weighted by molar-refractivity contribution is 7.81. The Morgan fingerprint density at radius 1 is 1.11 bits per heavy atom. The van der Waals surface area contributed by atoms with Gasteiger partial charge in [-0.1, -0.05) is 42.5 Å². The van der Waals surface area contributed by atoms with Gasteiger partial charge in [0.1, 0.15) is 4.99 Å². The Morgan fingerprint density at radius 3 is 2.00 bits per heavy atom. The molecule has 0 amide bonds. The number of hydrogen-bond donors (Lipinski definition) is 1. The maximum Gasteiger partial charge on any atom is 0.433 e. The molecule has 0 aliphatic rings. The van der Waals surface area contributed by atoms with Gasteiger partial charge < -0.3 is 0 Å². The minimum atomic E-state index is -3.44. The van der Waals surface area contributed by atoms with Crippen LogP contribution in [0.5, 0.6) is 0 Å². The van der Waals surface area contributed by atoms with E-state index in [2.05, 4.69) is 5.09 Å². The highest BCUT2D eigenvalue weighted by Crippen LogP contribution is 2.46. The van der Waals surface area contributed by atoms with E-state index in [0.717, 1.165) is 5.56 Å². The Labute approximate surface area is 120 Å². The maximum atomic E-state index is 12.6. The van der Waals surface area contributed by atoms with E-state index in [1.54, 1.807) is 27.7 Å². The van der Waals surface area contributed by atoms with E-state index in [1.807, 2.05) is 30.3 Å². The first-order chi connectivity index (χ1) is 8.82. The minimum Gasteiger partial charge on any atom is -0.290 e. The molecule has 0 heterocycles. The second kappa shape index (κ2) is 7.15. The van der Waals surface area contributed by atoms with Crippen molar-refractivity contribution in [3.05, 3.63) is 35.9 Å². The molecule has 0 bridgehead atoms. The zero-order valence-electron chi connectivity index (χ0n) is 11.6. The zero-order chi connectivity index (χ0) is 14.5. The van der Waals surface area contributed by atoms with Crippen LogP contribution in [0, 0.1) is 0 Å². The van der Waals surface area contributed by atoms with E-state index in [-0.39, 0.29) is 12.2 Å². The number of rotatable bonds is 6. The average molecular weight is 301 g/mol. The first kappa shape index (κ1) is 16.3. The average Bonchev–Trinajstić information content (AvgIpc) is 2.27. The number of hydrogen-bond acceptors (Lipinski definition) is 4. The van der Waals surface area contributed by atoms with Gasteiger partial charge in [0, 0.05) is 5.56 Å². The van der Waals surface area contributed by atoms with E-state index in [0.29, 0.717) is 4.99 Å². The first-order valence-electron chi connectivity index (χ1n) is 6.17. The number of thiocarbonyl (C=S) groups is 1. The van der Waals surface area contributed by atoms with Crippen LogP contribution in [-0.4, -0.2) is 17.2 Å². The maximum absolute atomic E-state index is 12.6. The van der Waals surface area contributed by atoms with E-state index < -0.39 is 7.75 Å². The predicted molar refractivity (Wildman–Crippen MR) is 81.3 cm³/mol. The van der Waals surface area contributed by atoms with Crippen molar-refractivity contribution in [1.82, 2.24) is 5.09 Å². The lowest BCUT2D eigenvalue weighted by molar-refractivity contribution is 0.139. The molecule has 0 radical (unpaired) electrons.